The molecule has 0 spiro atoms. The Kier molecular flexibility index (Phi) is 5.80. The first-order valence-electron chi connectivity index (χ1n) is 9.96. The highest BCUT2D eigenvalue weighted by Crippen LogP contribution is 2.27. The Bertz CT molecular complexity index is 1110. The summed E-state index contributed by atoms with van der Waals surface area (Å²) >= 11 is 0. The van der Waals surface area contributed by atoms with Crippen LogP contribution in [0, 0.1) is 5.92 Å². The maximum atomic E-state index is 12.7. The van der Waals surface area contributed by atoms with Crippen molar-refractivity contribution in [2.24, 2.45) is 5.92 Å². The molecule has 3 rings (SSSR count). The molecule has 0 amide bonds. The van der Waals surface area contributed by atoms with E-state index in [-0.39, 0.29) is 11.3 Å². The number of aromatic amines is 1. The molecule has 1 aromatic carbocycles. The number of fused-ring (bicyclic) bond motifs is 1. The Morgan fingerprint density at radius 1 is 1.10 bits per heavy atom. The quantitative estimate of drug-likeness (QED) is 0.691. The maximum absolute atomic E-state index is 12.7. The van der Waals surface area contributed by atoms with Gasteiger partial charge in [-0.15, -0.1) is 0 Å². The Balaban J connectivity index is 2.27. The van der Waals surface area contributed by atoms with Crippen molar-refractivity contribution >= 4 is 11.2 Å². The third kappa shape index (κ3) is 4.19. The molecule has 156 valence electrons. The average molecular weight is 399 g/mol. The molecule has 0 aliphatic carbocycles. The molecule has 0 bridgehead atoms. The number of hydrogen-bond donors (Lipinski definition) is 1. The molecule has 0 unspecified atom stereocenters. The van der Waals surface area contributed by atoms with Gasteiger partial charge in [-0.1, -0.05) is 58.9 Å². The molecular weight excluding hydrogens is 368 g/mol. The first-order valence-corrected chi connectivity index (χ1v) is 9.96. The highest BCUT2D eigenvalue weighted by atomic mass is 16.5. The number of H-pyrrole nitrogens is 1. The number of aromatic nitrogens is 4. The van der Waals surface area contributed by atoms with Crippen LogP contribution in [-0.2, 0) is 23.2 Å². The largest absolute Gasteiger partial charge is 0.383 e. The van der Waals surface area contributed by atoms with E-state index < -0.39 is 11.2 Å². The van der Waals surface area contributed by atoms with Crippen molar-refractivity contribution in [1.29, 1.82) is 0 Å². The van der Waals surface area contributed by atoms with Gasteiger partial charge < -0.3 is 9.30 Å². The summed E-state index contributed by atoms with van der Waals surface area (Å²) in [6.45, 7) is 11.9. The summed E-state index contributed by atoms with van der Waals surface area (Å²) in [5.41, 5.74) is 2.12. The molecular formula is C22H30N4O3. The van der Waals surface area contributed by atoms with E-state index in [9.17, 15) is 9.59 Å². The summed E-state index contributed by atoms with van der Waals surface area (Å²) in [6, 6.07) is 8.20. The Morgan fingerprint density at radius 3 is 2.31 bits per heavy atom. The van der Waals surface area contributed by atoms with Crippen LogP contribution in [0.15, 0.2) is 33.9 Å². The topological polar surface area (TPSA) is 81.9 Å². The molecule has 7 heteroatoms. The molecule has 0 atom stereocenters. The van der Waals surface area contributed by atoms with Gasteiger partial charge in [0.2, 0.25) is 0 Å². The van der Waals surface area contributed by atoms with Gasteiger partial charge in [-0.3, -0.25) is 14.3 Å². The highest BCUT2D eigenvalue weighted by molar-refractivity contribution is 5.77. The van der Waals surface area contributed by atoms with Gasteiger partial charge in [-0.05, 0) is 16.9 Å². The Hall–Kier alpha value is -2.67. The van der Waals surface area contributed by atoms with Gasteiger partial charge >= 0.3 is 5.69 Å². The standard InChI is InChI=1S/C22H30N4O3/c1-14(2)13-26-19-17(20(27)24-21(26)28)25(11-12-29-6)18(23-19)15-7-9-16(10-8-15)22(3,4)5/h7-10,14H,11-13H2,1-6H3,(H,24,27,28). The van der Waals surface area contributed by atoms with Gasteiger partial charge in [-0.25, -0.2) is 9.78 Å². The van der Waals surface area contributed by atoms with E-state index in [1.807, 2.05) is 30.5 Å². The van der Waals surface area contributed by atoms with Crippen molar-refractivity contribution < 1.29 is 4.74 Å². The molecule has 0 saturated carbocycles. The number of hydrogen-bond acceptors (Lipinski definition) is 4. The van der Waals surface area contributed by atoms with E-state index in [4.69, 9.17) is 9.72 Å². The predicted octanol–water partition coefficient (Wildman–Crippen LogP) is 3.15. The van der Waals surface area contributed by atoms with E-state index in [1.165, 1.54) is 5.56 Å². The zero-order valence-electron chi connectivity index (χ0n) is 18.1. The van der Waals surface area contributed by atoms with Crippen molar-refractivity contribution in [2.45, 2.75) is 53.1 Å². The normalized spacial score (nSPS) is 12.2. The Morgan fingerprint density at radius 2 is 1.76 bits per heavy atom. The Labute approximate surface area is 170 Å². The van der Waals surface area contributed by atoms with Gasteiger partial charge in [0.15, 0.2) is 11.2 Å². The fourth-order valence-electron chi connectivity index (χ4n) is 3.45. The number of nitrogens with zero attached hydrogens (tertiary/aromatic N) is 3. The second-order valence-corrected chi connectivity index (χ2v) is 8.84. The first kappa shape index (κ1) is 21.0. The molecule has 7 nitrogen and oxygen atoms in total. The molecule has 3 aromatic rings. The second-order valence-electron chi connectivity index (χ2n) is 8.84. The van der Waals surface area contributed by atoms with E-state index in [1.54, 1.807) is 11.7 Å². The summed E-state index contributed by atoms with van der Waals surface area (Å²) in [4.78, 5) is 32.3. The van der Waals surface area contributed by atoms with Gasteiger partial charge in [0.25, 0.3) is 5.56 Å². The van der Waals surface area contributed by atoms with Crippen LogP contribution >= 0.6 is 0 Å². The zero-order valence-corrected chi connectivity index (χ0v) is 18.1. The summed E-state index contributed by atoms with van der Waals surface area (Å²) < 4.78 is 8.65. The lowest BCUT2D eigenvalue weighted by molar-refractivity contribution is 0.188. The molecule has 0 saturated heterocycles. The van der Waals surface area contributed by atoms with E-state index in [0.29, 0.717) is 36.7 Å². The van der Waals surface area contributed by atoms with Crippen LogP contribution in [0.25, 0.3) is 22.6 Å². The lowest BCUT2D eigenvalue weighted by atomic mass is 9.87. The molecule has 0 fully saturated rings. The smallest absolute Gasteiger partial charge is 0.330 e. The summed E-state index contributed by atoms with van der Waals surface area (Å²) in [5, 5.41) is 0. The fourth-order valence-corrected chi connectivity index (χ4v) is 3.45. The van der Waals surface area contributed by atoms with Crippen LogP contribution in [0.4, 0.5) is 0 Å². The SMILES string of the molecule is COCCn1c(-c2ccc(C(C)(C)C)cc2)nc2c1c(=O)[nH]c(=O)n2CC(C)C. The molecule has 2 aromatic heterocycles. The highest BCUT2D eigenvalue weighted by Gasteiger charge is 2.21. The third-order valence-electron chi connectivity index (χ3n) is 4.96. The van der Waals surface area contributed by atoms with Crippen molar-refractivity contribution in [2.75, 3.05) is 13.7 Å². The van der Waals surface area contributed by atoms with Crippen molar-refractivity contribution in [3.63, 3.8) is 0 Å². The molecule has 0 aliphatic heterocycles. The first-order chi connectivity index (χ1) is 13.6. The van der Waals surface area contributed by atoms with E-state index >= 15 is 0 Å². The number of methoxy groups -OCH3 is 1. The molecule has 0 radical (unpaired) electrons. The minimum absolute atomic E-state index is 0.0452. The number of benzene rings is 1. The maximum Gasteiger partial charge on any atom is 0.330 e. The van der Waals surface area contributed by atoms with Crippen molar-refractivity contribution in [1.82, 2.24) is 19.1 Å². The van der Waals surface area contributed by atoms with E-state index in [0.717, 1.165) is 5.56 Å². The van der Waals surface area contributed by atoms with Gasteiger partial charge in [-0.2, -0.15) is 0 Å². The van der Waals surface area contributed by atoms with Gasteiger partial charge in [0.05, 0.1) is 6.61 Å². The molecule has 2 heterocycles. The molecule has 29 heavy (non-hydrogen) atoms. The van der Waals surface area contributed by atoms with Crippen LogP contribution in [-0.4, -0.2) is 32.8 Å². The number of nitrogens with one attached hydrogen (secondary N) is 1. The fraction of sp³-hybridized carbons (Fsp3) is 0.500. The molecule has 1 N–H and O–H groups in total. The lowest BCUT2D eigenvalue weighted by Crippen LogP contribution is -2.32. The van der Waals surface area contributed by atoms with Crippen molar-refractivity contribution in [3.05, 3.63) is 50.7 Å². The summed E-state index contributed by atoms with van der Waals surface area (Å²) in [5.74, 6) is 0.895. The monoisotopic (exact) mass is 398 g/mol. The van der Waals surface area contributed by atoms with Crippen molar-refractivity contribution in [3.8, 4) is 11.4 Å². The van der Waals surface area contributed by atoms with Crippen LogP contribution in [0.1, 0.15) is 40.2 Å². The number of rotatable bonds is 6. The van der Waals surface area contributed by atoms with Crippen LogP contribution in [0.2, 0.25) is 0 Å². The van der Waals surface area contributed by atoms with Crippen LogP contribution in [0.5, 0.6) is 0 Å². The van der Waals surface area contributed by atoms with Gasteiger partial charge in [0.1, 0.15) is 5.82 Å². The third-order valence-corrected chi connectivity index (χ3v) is 4.96. The minimum Gasteiger partial charge on any atom is -0.383 e. The second kappa shape index (κ2) is 7.99. The van der Waals surface area contributed by atoms with Gasteiger partial charge in [0, 0.05) is 25.8 Å². The average Bonchev–Trinajstić information content (AvgIpc) is 3.02. The zero-order chi connectivity index (χ0) is 21.3. The summed E-state index contributed by atoms with van der Waals surface area (Å²) in [6.07, 6.45) is 0. The van der Waals surface area contributed by atoms with E-state index in [2.05, 4.69) is 37.9 Å². The summed E-state index contributed by atoms with van der Waals surface area (Å²) in [7, 11) is 1.62. The minimum atomic E-state index is -0.428. The van der Waals surface area contributed by atoms with Crippen LogP contribution in [0.3, 0.4) is 0 Å². The van der Waals surface area contributed by atoms with Crippen LogP contribution < -0.4 is 11.2 Å². The number of ether oxygens (including phenoxy) is 1. The lowest BCUT2D eigenvalue weighted by Gasteiger charge is -2.19. The number of imidazole rings is 1. The predicted molar refractivity (Wildman–Crippen MR) is 115 cm³/mol. The molecule has 0 aliphatic rings.